The smallest absolute Gasteiger partial charge is 0.198 e. The van der Waals surface area contributed by atoms with Gasteiger partial charge < -0.3 is 10.6 Å². The summed E-state index contributed by atoms with van der Waals surface area (Å²) < 4.78 is 0. The number of hydrogen-bond acceptors (Lipinski definition) is 2. The van der Waals surface area contributed by atoms with E-state index in [0.29, 0.717) is 11.9 Å². The van der Waals surface area contributed by atoms with Crippen LogP contribution in [0.15, 0.2) is 17.1 Å². The number of hydrogen-bond donors (Lipinski definition) is 3. The first-order chi connectivity index (χ1) is 7.74. The van der Waals surface area contributed by atoms with Crippen LogP contribution >= 0.6 is 24.8 Å². The summed E-state index contributed by atoms with van der Waals surface area (Å²) in [5.74, 6) is 0.676. The van der Waals surface area contributed by atoms with Gasteiger partial charge in [-0.1, -0.05) is 25.5 Å². The molecule has 0 spiro atoms. The second kappa shape index (κ2) is 11.2. The van der Waals surface area contributed by atoms with Gasteiger partial charge in [-0.2, -0.15) is 0 Å². The topological polar surface area (TPSA) is 77.5 Å². The van der Waals surface area contributed by atoms with Crippen molar-refractivity contribution in [3.63, 3.8) is 0 Å². The van der Waals surface area contributed by atoms with E-state index in [-0.39, 0.29) is 24.8 Å². The highest BCUT2D eigenvalue weighted by Gasteiger charge is 2.10. The minimum Gasteiger partial charge on any atom is -0.370 e. The fourth-order valence-electron chi connectivity index (χ4n) is 1.44. The fraction of sp³-hybridized carbons (Fsp3) is 0.636. The third kappa shape index (κ3) is 7.40. The summed E-state index contributed by atoms with van der Waals surface area (Å²) in [6, 6.07) is 0. The van der Waals surface area contributed by atoms with Crippen molar-refractivity contribution in [2.24, 2.45) is 10.7 Å². The second-order valence-corrected chi connectivity index (χ2v) is 3.80. The van der Waals surface area contributed by atoms with Crippen LogP contribution in [0.4, 0.5) is 0 Å². The molecule has 0 atom stereocenters. The van der Waals surface area contributed by atoms with Crippen molar-refractivity contribution < 1.29 is 0 Å². The lowest BCUT2D eigenvalue weighted by Gasteiger charge is -2.25. The highest BCUT2D eigenvalue weighted by molar-refractivity contribution is 5.96. The normalized spacial score (nSPS) is 14.5. The molecule has 1 rings (SSSR count). The monoisotopic (exact) mass is 295 g/mol. The maximum Gasteiger partial charge on any atom is 0.198 e. The van der Waals surface area contributed by atoms with Crippen molar-refractivity contribution in [2.75, 3.05) is 19.6 Å². The Morgan fingerprint density at radius 1 is 1.44 bits per heavy atom. The Bertz CT molecular complexity index is 291. The minimum atomic E-state index is 0. The Hall–Kier alpha value is -0.940. The highest BCUT2D eigenvalue weighted by atomic mass is 35.5. The fourth-order valence-corrected chi connectivity index (χ4v) is 1.44. The van der Waals surface area contributed by atoms with Gasteiger partial charge in [-0.3, -0.25) is 15.7 Å². The van der Waals surface area contributed by atoms with E-state index in [1.54, 1.807) is 0 Å². The molecular weight excluding hydrogens is 273 g/mol. The van der Waals surface area contributed by atoms with Gasteiger partial charge in [0.25, 0.3) is 0 Å². The summed E-state index contributed by atoms with van der Waals surface area (Å²) in [6.07, 6.45) is 7.30. The number of nitrogens with two attached hydrogens (primary N) is 1. The van der Waals surface area contributed by atoms with Gasteiger partial charge in [-0.05, 0) is 12.8 Å². The summed E-state index contributed by atoms with van der Waals surface area (Å²) in [5, 5.41) is 10.6. The molecule has 0 saturated carbocycles. The zero-order valence-corrected chi connectivity index (χ0v) is 12.3. The van der Waals surface area contributed by atoms with Crippen molar-refractivity contribution in [2.45, 2.75) is 26.2 Å². The van der Waals surface area contributed by atoms with Crippen LogP contribution in [0.3, 0.4) is 0 Å². The van der Waals surface area contributed by atoms with Gasteiger partial charge in [-0.25, -0.2) is 0 Å². The van der Waals surface area contributed by atoms with Gasteiger partial charge in [0.1, 0.15) is 0 Å². The van der Waals surface area contributed by atoms with Crippen LogP contribution in [0.2, 0.25) is 0 Å². The van der Waals surface area contributed by atoms with Gasteiger partial charge in [0.05, 0.1) is 0 Å². The van der Waals surface area contributed by atoms with Crippen LogP contribution in [-0.2, 0) is 0 Å². The maximum absolute atomic E-state index is 7.81. The molecule has 0 amide bonds. The van der Waals surface area contributed by atoms with Gasteiger partial charge in [0.2, 0.25) is 0 Å². The summed E-state index contributed by atoms with van der Waals surface area (Å²) in [4.78, 5) is 6.08. The molecule has 106 valence electrons. The van der Waals surface area contributed by atoms with E-state index in [1.807, 2.05) is 4.90 Å². The number of halogens is 2. The molecule has 0 unspecified atom stereocenters. The molecule has 1 aliphatic rings. The summed E-state index contributed by atoms with van der Waals surface area (Å²) in [5.41, 5.74) is 5.68. The molecule has 0 aromatic heterocycles. The second-order valence-electron chi connectivity index (χ2n) is 3.80. The van der Waals surface area contributed by atoms with Crippen LogP contribution in [0.5, 0.6) is 0 Å². The molecule has 18 heavy (non-hydrogen) atoms. The molecule has 0 radical (unpaired) electrons. The third-order valence-electron chi connectivity index (χ3n) is 2.41. The zero-order chi connectivity index (χ0) is 11.8. The Balaban J connectivity index is 0. The largest absolute Gasteiger partial charge is 0.370 e. The van der Waals surface area contributed by atoms with Crippen LogP contribution in [0.25, 0.3) is 0 Å². The Labute approximate surface area is 121 Å². The molecule has 0 aromatic carbocycles. The lowest BCUT2D eigenvalue weighted by atomic mass is 10.3. The van der Waals surface area contributed by atoms with E-state index in [1.165, 1.54) is 0 Å². The molecule has 7 heteroatoms. The molecule has 1 heterocycles. The van der Waals surface area contributed by atoms with Crippen molar-refractivity contribution in [3.8, 4) is 0 Å². The van der Waals surface area contributed by atoms with Crippen molar-refractivity contribution in [3.05, 3.63) is 12.2 Å². The van der Waals surface area contributed by atoms with E-state index >= 15 is 0 Å². The van der Waals surface area contributed by atoms with Crippen LogP contribution in [0.1, 0.15) is 26.2 Å². The maximum atomic E-state index is 7.81. The zero-order valence-electron chi connectivity index (χ0n) is 10.7. The summed E-state index contributed by atoms with van der Waals surface area (Å²) in [6.45, 7) is 4.47. The lowest BCUT2D eigenvalue weighted by Crippen LogP contribution is -2.47. The number of unbranched alkanes of at least 4 members (excludes halogenated alkanes) is 1. The molecule has 0 bridgehead atoms. The number of nitrogens with one attached hydrogen (secondary N) is 2. The van der Waals surface area contributed by atoms with Crippen LogP contribution in [0, 0.1) is 5.41 Å². The number of aliphatic imine (C=N–C) groups is 1. The van der Waals surface area contributed by atoms with Gasteiger partial charge >= 0.3 is 0 Å². The van der Waals surface area contributed by atoms with Crippen LogP contribution < -0.4 is 11.1 Å². The average molecular weight is 296 g/mol. The standard InChI is InChI=1S/C11H21N5.2ClH/c1-2-3-7-14-10(12)15-11(13)16-8-5-4-6-9-16;;/h4-5H,2-3,6-9H2,1H3,(H4,12,13,14,15);2*1H. The number of nitrogens with zero attached hydrogens (tertiary/aromatic N) is 2. The molecule has 5 nitrogen and oxygen atoms in total. The van der Waals surface area contributed by atoms with Crippen molar-refractivity contribution >= 4 is 36.7 Å². The predicted molar refractivity (Wildman–Crippen MR) is 82.1 cm³/mol. The van der Waals surface area contributed by atoms with E-state index in [0.717, 1.165) is 38.9 Å². The number of rotatable bonds is 3. The van der Waals surface area contributed by atoms with E-state index in [2.05, 4.69) is 29.4 Å². The first-order valence-corrected chi connectivity index (χ1v) is 5.79. The lowest BCUT2D eigenvalue weighted by molar-refractivity contribution is 0.441. The molecule has 4 N–H and O–H groups in total. The molecular formula is C11H23Cl2N5. The van der Waals surface area contributed by atoms with E-state index in [4.69, 9.17) is 11.1 Å². The van der Waals surface area contributed by atoms with Gasteiger partial charge in [-0.15, -0.1) is 24.8 Å². The average Bonchev–Trinajstić information content (AvgIpc) is 2.30. The Morgan fingerprint density at radius 3 is 2.72 bits per heavy atom. The summed E-state index contributed by atoms with van der Waals surface area (Å²) >= 11 is 0. The molecule has 0 fully saturated rings. The number of guanidine groups is 2. The quantitative estimate of drug-likeness (QED) is 0.321. The van der Waals surface area contributed by atoms with Crippen molar-refractivity contribution in [1.29, 1.82) is 5.41 Å². The highest BCUT2D eigenvalue weighted by Crippen LogP contribution is 1.99. The van der Waals surface area contributed by atoms with E-state index < -0.39 is 0 Å². The third-order valence-corrected chi connectivity index (χ3v) is 2.41. The Morgan fingerprint density at radius 2 is 2.17 bits per heavy atom. The first kappa shape index (κ1) is 19.4. The van der Waals surface area contributed by atoms with E-state index in [9.17, 15) is 0 Å². The van der Waals surface area contributed by atoms with Crippen molar-refractivity contribution in [1.82, 2.24) is 10.2 Å². The van der Waals surface area contributed by atoms with Crippen LogP contribution in [-0.4, -0.2) is 36.5 Å². The molecule has 0 aliphatic carbocycles. The molecule has 0 saturated heterocycles. The Kier molecular flexibility index (Phi) is 12.0. The predicted octanol–water partition coefficient (Wildman–Crippen LogP) is 1.73. The summed E-state index contributed by atoms with van der Waals surface area (Å²) in [7, 11) is 0. The minimum absolute atomic E-state index is 0. The SMILES string of the molecule is CCCCN=C(N)NC(=N)N1CC=CCC1.Cl.Cl. The molecule has 1 aliphatic heterocycles. The van der Waals surface area contributed by atoms with Gasteiger partial charge in [0, 0.05) is 19.6 Å². The molecule has 0 aromatic rings. The first-order valence-electron chi connectivity index (χ1n) is 5.79. The van der Waals surface area contributed by atoms with Gasteiger partial charge in [0.15, 0.2) is 11.9 Å².